The Balaban J connectivity index is 1.55. The topological polar surface area (TPSA) is 29.9 Å². The summed E-state index contributed by atoms with van der Waals surface area (Å²) in [5, 5.41) is 3.68. The van der Waals surface area contributed by atoms with Gasteiger partial charge in [0.15, 0.2) is 0 Å². The fourth-order valence-electron chi connectivity index (χ4n) is 2.79. The number of nitrogens with one attached hydrogen (secondary N) is 1. The van der Waals surface area contributed by atoms with Gasteiger partial charge in [-0.1, -0.05) is 6.92 Å². The number of hydrogen-bond acceptors (Lipinski definition) is 2. The SMILES string of the molecule is CC1CCC(NCc2cncn2C2CC2)C1. The Morgan fingerprint density at radius 3 is 2.94 bits per heavy atom. The van der Waals surface area contributed by atoms with E-state index in [0.717, 1.165) is 24.5 Å². The van der Waals surface area contributed by atoms with Gasteiger partial charge in [0.1, 0.15) is 0 Å². The molecule has 0 aliphatic heterocycles. The summed E-state index contributed by atoms with van der Waals surface area (Å²) in [6.45, 7) is 3.35. The zero-order valence-electron chi connectivity index (χ0n) is 10.0. The molecular formula is C13H21N3. The van der Waals surface area contributed by atoms with Gasteiger partial charge in [-0.2, -0.15) is 0 Å². The van der Waals surface area contributed by atoms with Crippen LogP contribution in [0.25, 0.3) is 0 Å². The summed E-state index contributed by atoms with van der Waals surface area (Å²) in [6.07, 6.45) is 10.8. The van der Waals surface area contributed by atoms with Gasteiger partial charge in [-0.05, 0) is 38.0 Å². The standard InChI is InChI=1S/C13H21N3/c1-10-2-3-11(6-10)15-8-13-7-14-9-16(13)12-4-5-12/h7,9-12,15H,2-6,8H2,1H3. The van der Waals surface area contributed by atoms with Crippen molar-refractivity contribution >= 4 is 0 Å². The minimum Gasteiger partial charge on any atom is -0.330 e. The third kappa shape index (κ3) is 2.14. The third-order valence-corrected chi connectivity index (χ3v) is 3.95. The maximum Gasteiger partial charge on any atom is 0.0951 e. The van der Waals surface area contributed by atoms with Gasteiger partial charge in [0.25, 0.3) is 0 Å². The lowest BCUT2D eigenvalue weighted by molar-refractivity contribution is 0.489. The molecule has 1 heterocycles. The van der Waals surface area contributed by atoms with Crippen LogP contribution < -0.4 is 5.32 Å². The molecule has 1 aromatic rings. The van der Waals surface area contributed by atoms with E-state index in [1.54, 1.807) is 0 Å². The molecule has 2 fully saturated rings. The summed E-state index contributed by atoms with van der Waals surface area (Å²) in [5.74, 6) is 0.908. The Labute approximate surface area is 97.3 Å². The van der Waals surface area contributed by atoms with E-state index in [9.17, 15) is 0 Å². The molecule has 0 aromatic carbocycles. The smallest absolute Gasteiger partial charge is 0.0951 e. The van der Waals surface area contributed by atoms with Crippen LogP contribution in [0.5, 0.6) is 0 Å². The molecule has 2 aliphatic carbocycles. The monoisotopic (exact) mass is 219 g/mol. The average molecular weight is 219 g/mol. The van der Waals surface area contributed by atoms with Crippen LogP contribution in [0.3, 0.4) is 0 Å². The number of rotatable bonds is 4. The van der Waals surface area contributed by atoms with Crippen molar-refractivity contribution in [2.45, 2.75) is 57.7 Å². The highest BCUT2D eigenvalue weighted by Crippen LogP contribution is 2.35. The zero-order valence-corrected chi connectivity index (χ0v) is 10.0. The van der Waals surface area contributed by atoms with Gasteiger partial charge in [0.05, 0.1) is 12.0 Å². The molecule has 0 amide bonds. The first kappa shape index (κ1) is 10.3. The molecule has 0 bridgehead atoms. The maximum absolute atomic E-state index is 4.27. The second kappa shape index (κ2) is 4.21. The number of nitrogens with zero attached hydrogens (tertiary/aromatic N) is 2. The fraction of sp³-hybridized carbons (Fsp3) is 0.769. The molecule has 3 rings (SSSR count). The Hall–Kier alpha value is -0.830. The van der Waals surface area contributed by atoms with Crippen molar-refractivity contribution in [3.63, 3.8) is 0 Å². The molecule has 1 aromatic heterocycles. The van der Waals surface area contributed by atoms with Gasteiger partial charge in [0.2, 0.25) is 0 Å². The van der Waals surface area contributed by atoms with Gasteiger partial charge in [-0.3, -0.25) is 0 Å². The van der Waals surface area contributed by atoms with Gasteiger partial charge >= 0.3 is 0 Å². The van der Waals surface area contributed by atoms with Crippen molar-refractivity contribution < 1.29 is 0 Å². The second-order valence-corrected chi connectivity index (χ2v) is 5.52. The van der Waals surface area contributed by atoms with E-state index in [-0.39, 0.29) is 0 Å². The molecular weight excluding hydrogens is 198 g/mol. The van der Waals surface area contributed by atoms with Crippen molar-refractivity contribution in [2.24, 2.45) is 5.92 Å². The van der Waals surface area contributed by atoms with Crippen molar-refractivity contribution in [3.05, 3.63) is 18.2 Å². The highest BCUT2D eigenvalue weighted by molar-refractivity contribution is 5.03. The van der Waals surface area contributed by atoms with E-state index in [1.165, 1.54) is 37.8 Å². The molecule has 3 heteroatoms. The van der Waals surface area contributed by atoms with Crippen molar-refractivity contribution in [3.8, 4) is 0 Å². The molecule has 2 saturated carbocycles. The molecule has 0 spiro atoms. The molecule has 2 atom stereocenters. The molecule has 0 radical (unpaired) electrons. The zero-order chi connectivity index (χ0) is 11.0. The molecule has 0 saturated heterocycles. The summed E-state index contributed by atoms with van der Waals surface area (Å²) in [6, 6.07) is 1.49. The van der Waals surface area contributed by atoms with Crippen LogP contribution in [-0.2, 0) is 6.54 Å². The molecule has 2 aliphatic rings. The highest BCUT2D eigenvalue weighted by atomic mass is 15.1. The number of aromatic nitrogens is 2. The van der Waals surface area contributed by atoms with Crippen LogP contribution in [0.1, 0.15) is 50.8 Å². The summed E-state index contributed by atoms with van der Waals surface area (Å²) in [5.41, 5.74) is 1.36. The summed E-state index contributed by atoms with van der Waals surface area (Å²) >= 11 is 0. The third-order valence-electron chi connectivity index (χ3n) is 3.95. The van der Waals surface area contributed by atoms with Crippen LogP contribution >= 0.6 is 0 Å². The van der Waals surface area contributed by atoms with Gasteiger partial charge in [-0.25, -0.2) is 4.98 Å². The number of imidazole rings is 1. The predicted octanol–water partition coefficient (Wildman–Crippen LogP) is 2.50. The average Bonchev–Trinajstić information content (AvgIpc) is 2.86. The Kier molecular flexibility index (Phi) is 2.72. The molecule has 16 heavy (non-hydrogen) atoms. The van der Waals surface area contributed by atoms with Crippen LogP contribution in [0, 0.1) is 5.92 Å². The maximum atomic E-state index is 4.27. The first-order valence-corrected chi connectivity index (χ1v) is 6.57. The second-order valence-electron chi connectivity index (χ2n) is 5.52. The molecule has 3 nitrogen and oxygen atoms in total. The Morgan fingerprint density at radius 1 is 1.38 bits per heavy atom. The van der Waals surface area contributed by atoms with Gasteiger partial charge in [0, 0.05) is 24.8 Å². The minimum absolute atomic E-state index is 0.734. The predicted molar refractivity (Wildman–Crippen MR) is 64.1 cm³/mol. The van der Waals surface area contributed by atoms with E-state index in [2.05, 4.69) is 21.8 Å². The molecule has 2 unspecified atom stereocenters. The summed E-state index contributed by atoms with van der Waals surface area (Å²) < 4.78 is 2.35. The lowest BCUT2D eigenvalue weighted by Crippen LogP contribution is -2.26. The molecule has 88 valence electrons. The Morgan fingerprint density at radius 2 is 2.25 bits per heavy atom. The van der Waals surface area contributed by atoms with E-state index in [1.807, 2.05) is 12.5 Å². The van der Waals surface area contributed by atoms with Crippen LogP contribution in [0.4, 0.5) is 0 Å². The Bertz CT molecular complexity index is 354. The van der Waals surface area contributed by atoms with Crippen molar-refractivity contribution in [1.29, 1.82) is 0 Å². The minimum atomic E-state index is 0.734. The van der Waals surface area contributed by atoms with Crippen molar-refractivity contribution in [1.82, 2.24) is 14.9 Å². The molecule has 1 N–H and O–H groups in total. The van der Waals surface area contributed by atoms with Crippen LogP contribution in [0.2, 0.25) is 0 Å². The summed E-state index contributed by atoms with van der Waals surface area (Å²) in [4.78, 5) is 4.27. The normalized spacial score (nSPS) is 29.8. The quantitative estimate of drug-likeness (QED) is 0.843. The first-order valence-electron chi connectivity index (χ1n) is 6.57. The van der Waals surface area contributed by atoms with Crippen LogP contribution in [-0.4, -0.2) is 15.6 Å². The van der Waals surface area contributed by atoms with E-state index in [0.29, 0.717) is 0 Å². The highest BCUT2D eigenvalue weighted by Gasteiger charge is 2.26. The number of hydrogen-bond donors (Lipinski definition) is 1. The first-order chi connectivity index (χ1) is 7.83. The van der Waals surface area contributed by atoms with E-state index >= 15 is 0 Å². The van der Waals surface area contributed by atoms with Gasteiger partial charge in [-0.15, -0.1) is 0 Å². The lowest BCUT2D eigenvalue weighted by atomic mass is 10.1. The van der Waals surface area contributed by atoms with Crippen LogP contribution in [0.15, 0.2) is 12.5 Å². The largest absolute Gasteiger partial charge is 0.330 e. The lowest BCUT2D eigenvalue weighted by Gasteiger charge is -2.13. The van der Waals surface area contributed by atoms with Gasteiger partial charge < -0.3 is 9.88 Å². The van der Waals surface area contributed by atoms with E-state index < -0.39 is 0 Å². The van der Waals surface area contributed by atoms with Crippen molar-refractivity contribution in [2.75, 3.05) is 0 Å². The fourth-order valence-corrected chi connectivity index (χ4v) is 2.79. The van der Waals surface area contributed by atoms with E-state index in [4.69, 9.17) is 0 Å². The summed E-state index contributed by atoms with van der Waals surface area (Å²) in [7, 11) is 0.